The van der Waals surface area contributed by atoms with Crippen LogP contribution in [-0.4, -0.2) is 41.3 Å². The molecule has 152 valence electrons. The molecule has 4 aromatic heterocycles. The molecule has 0 atom stereocenters. The van der Waals surface area contributed by atoms with Crippen LogP contribution in [0.4, 0.5) is 11.6 Å². The van der Waals surface area contributed by atoms with Gasteiger partial charge < -0.3 is 10.1 Å². The third kappa shape index (κ3) is 2.98. The molecule has 6 rings (SSSR count). The van der Waals surface area contributed by atoms with Gasteiger partial charge in [-0.3, -0.25) is 9.88 Å². The maximum Gasteiger partial charge on any atom is 0.279 e. The Morgan fingerprint density at radius 3 is 2.93 bits per heavy atom. The van der Waals surface area contributed by atoms with Gasteiger partial charge in [0.15, 0.2) is 4.83 Å². The maximum atomic E-state index is 5.57. The summed E-state index contributed by atoms with van der Waals surface area (Å²) < 4.78 is 6.68. The molecule has 1 aliphatic heterocycles. The second-order valence-electron chi connectivity index (χ2n) is 7.80. The highest BCUT2D eigenvalue weighted by atomic mass is 32.1. The fourth-order valence-electron chi connectivity index (χ4n) is 4.61. The summed E-state index contributed by atoms with van der Waals surface area (Å²) in [6, 6.07) is 4.02. The van der Waals surface area contributed by atoms with Gasteiger partial charge >= 0.3 is 0 Å². The number of hydrogen-bond donors (Lipinski definition) is 1. The zero-order chi connectivity index (χ0) is 19.9. The molecule has 5 heterocycles. The van der Waals surface area contributed by atoms with E-state index in [1.807, 2.05) is 12.3 Å². The van der Waals surface area contributed by atoms with Gasteiger partial charge in [0.05, 0.1) is 24.1 Å². The van der Waals surface area contributed by atoms with Gasteiger partial charge in [-0.2, -0.15) is 0 Å². The quantitative estimate of drug-likeness (QED) is 0.548. The molecule has 1 aliphatic carbocycles. The van der Waals surface area contributed by atoms with Gasteiger partial charge in [-0.15, -0.1) is 0 Å². The van der Waals surface area contributed by atoms with E-state index >= 15 is 0 Å². The Hall–Kier alpha value is -2.84. The number of anilines is 2. The number of aromatic nitrogens is 4. The van der Waals surface area contributed by atoms with E-state index in [1.54, 1.807) is 23.9 Å². The van der Waals surface area contributed by atoms with E-state index in [1.165, 1.54) is 33.6 Å². The summed E-state index contributed by atoms with van der Waals surface area (Å²) in [5.41, 5.74) is 5.12. The van der Waals surface area contributed by atoms with Crippen molar-refractivity contribution in [3.63, 3.8) is 0 Å². The first-order valence-electron chi connectivity index (χ1n) is 10.5. The molecular formula is C22H23N6OS+. The molecular weight excluding hydrogens is 396 g/mol. The Morgan fingerprint density at radius 1 is 1.17 bits per heavy atom. The van der Waals surface area contributed by atoms with Crippen molar-refractivity contribution < 1.29 is 9.72 Å². The number of nitrogens with one attached hydrogen (secondary N) is 2. The van der Waals surface area contributed by atoms with Gasteiger partial charge in [0.25, 0.3) is 5.82 Å². The first-order valence-corrected chi connectivity index (χ1v) is 11.3. The number of aryl methyl sites for hydroxylation is 1. The Kier molecular flexibility index (Phi) is 4.46. The van der Waals surface area contributed by atoms with Crippen molar-refractivity contribution >= 4 is 43.4 Å². The van der Waals surface area contributed by atoms with Crippen molar-refractivity contribution in [2.45, 2.75) is 25.8 Å². The summed E-state index contributed by atoms with van der Waals surface area (Å²) >= 11 is 1.75. The zero-order valence-electron chi connectivity index (χ0n) is 16.6. The van der Waals surface area contributed by atoms with Crippen molar-refractivity contribution in [1.82, 2.24) is 15.0 Å². The molecule has 2 N–H and O–H groups in total. The molecule has 2 aliphatic rings. The number of H-pyrrole nitrogens is 1. The molecule has 4 aromatic rings. The molecule has 0 amide bonds. The Balaban J connectivity index is 1.46. The van der Waals surface area contributed by atoms with Gasteiger partial charge in [0, 0.05) is 24.5 Å². The lowest BCUT2D eigenvalue weighted by Gasteiger charge is -2.23. The van der Waals surface area contributed by atoms with Crippen LogP contribution in [0.2, 0.25) is 0 Å². The zero-order valence-corrected chi connectivity index (χ0v) is 17.5. The number of aromatic amines is 1. The summed E-state index contributed by atoms with van der Waals surface area (Å²) in [4.78, 5) is 20.9. The fourth-order valence-corrected chi connectivity index (χ4v) is 5.76. The normalized spacial score (nSPS) is 16.3. The minimum atomic E-state index is 0.690. The highest BCUT2D eigenvalue weighted by Gasteiger charge is 2.31. The van der Waals surface area contributed by atoms with Crippen LogP contribution in [0, 0.1) is 0 Å². The molecule has 8 heteroatoms. The van der Waals surface area contributed by atoms with Crippen molar-refractivity contribution in [3.8, 4) is 0 Å². The number of ether oxygens (including phenoxy) is 1. The van der Waals surface area contributed by atoms with Crippen LogP contribution in [0.5, 0.6) is 0 Å². The SMILES string of the molecule is c1cncc(CNc2ncnc3c2sc2[nH+]c(N4CCOCC4)c4c(c23)CCC4)c1. The molecule has 0 aromatic carbocycles. The topological polar surface area (TPSA) is 77.3 Å². The second kappa shape index (κ2) is 7.45. The summed E-state index contributed by atoms with van der Waals surface area (Å²) in [6.07, 6.45) is 8.80. The molecule has 30 heavy (non-hydrogen) atoms. The summed E-state index contributed by atoms with van der Waals surface area (Å²) in [5, 5.41) is 4.77. The highest BCUT2D eigenvalue weighted by Crippen LogP contribution is 2.41. The summed E-state index contributed by atoms with van der Waals surface area (Å²) in [6.45, 7) is 4.16. The van der Waals surface area contributed by atoms with Gasteiger partial charge in [-0.1, -0.05) is 17.4 Å². The van der Waals surface area contributed by atoms with Crippen LogP contribution in [0.15, 0.2) is 30.9 Å². The second-order valence-corrected chi connectivity index (χ2v) is 8.83. The molecule has 7 nitrogen and oxygen atoms in total. The van der Waals surface area contributed by atoms with Gasteiger partial charge in [0.2, 0.25) is 0 Å². The maximum absolute atomic E-state index is 5.57. The van der Waals surface area contributed by atoms with Crippen LogP contribution in [0.25, 0.3) is 20.4 Å². The lowest BCUT2D eigenvalue weighted by Crippen LogP contribution is -2.40. The van der Waals surface area contributed by atoms with E-state index in [0.717, 1.165) is 60.7 Å². The predicted octanol–water partition coefficient (Wildman–Crippen LogP) is 2.99. The number of thiophene rings is 1. The number of pyridine rings is 2. The number of nitrogens with zero attached hydrogens (tertiary/aromatic N) is 4. The molecule has 0 spiro atoms. The molecule has 0 bridgehead atoms. The van der Waals surface area contributed by atoms with E-state index in [9.17, 15) is 0 Å². The van der Waals surface area contributed by atoms with Gasteiger partial charge in [-0.25, -0.2) is 15.0 Å². The van der Waals surface area contributed by atoms with Crippen LogP contribution >= 0.6 is 11.3 Å². The third-order valence-corrected chi connectivity index (χ3v) is 7.12. The van der Waals surface area contributed by atoms with E-state index in [2.05, 4.69) is 31.2 Å². The smallest absolute Gasteiger partial charge is 0.279 e. The van der Waals surface area contributed by atoms with Crippen molar-refractivity contribution in [1.29, 1.82) is 0 Å². The van der Waals surface area contributed by atoms with Crippen LogP contribution in [-0.2, 0) is 24.1 Å². The standard InChI is InChI=1S/C22H22N6OS/c1-4-15-16(5-1)21(28-7-9-29-10-8-28)27-22-17(15)18-19(30-22)20(26-13-25-18)24-12-14-3-2-6-23-11-14/h2-3,6,11,13H,1,4-5,7-10,12H2,(H,24,25,26)/p+1. The van der Waals surface area contributed by atoms with Gasteiger partial charge in [0.1, 0.15) is 29.9 Å². The molecule has 0 saturated carbocycles. The number of rotatable bonds is 4. The average Bonchev–Trinajstić information content (AvgIpc) is 3.43. The average molecular weight is 420 g/mol. The van der Waals surface area contributed by atoms with Gasteiger partial charge in [-0.05, 0) is 36.5 Å². The largest absolute Gasteiger partial charge is 0.373 e. The van der Waals surface area contributed by atoms with Crippen molar-refractivity contribution in [2.75, 3.05) is 36.5 Å². The lowest BCUT2D eigenvalue weighted by molar-refractivity contribution is -0.328. The molecule has 0 unspecified atom stereocenters. The first kappa shape index (κ1) is 18.0. The lowest BCUT2D eigenvalue weighted by atomic mass is 10.1. The third-order valence-electron chi connectivity index (χ3n) is 6.02. The van der Waals surface area contributed by atoms with E-state index in [4.69, 9.17) is 9.72 Å². The summed E-state index contributed by atoms with van der Waals surface area (Å²) in [7, 11) is 0. The Bertz CT molecular complexity index is 1220. The van der Waals surface area contributed by atoms with Crippen molar-refractivity contribution in [3.05, 3.63) is 47.5 Å². The highest BCUT2D eigenvalue weighted by molar-refractivity contribution is 7.25. The number of fused-ring (bicyclic) bond motifs is 5. The van der Waals surface area contributed by atoms with E-state index < -0.39 is 0 Å². The van der Waals surface area contributed by atoms with Crippen LogP contribution in [0.1, 0.15) is 23.1 Å². The first-order chi connectivity index (χ1) is 14.9. The minimum absolute atomic E-state index is 0.690. The number of hydrogen-bond acceptors (Lipinski definition) is 7. The van der Waals surface area contributed by atoms with Crippen LogP contribution < -0.4 is 15.2 Å². The summed E-state index contributed by atoms with van der Waals surface area (Å²) in [5.74, 6) is 2.17. The Labute approximate surface area is 178 Å². The fraction of sp³-hybridized carbons (Fsp3) is 0.364. The van der Waals surface area contributed by atoms with E-state index in [0.29, 0.717) is 6.54 Å². The van der Waals surface area contributed by atoms with E-state index in [-0.39, 0.29) is 0 Å². The molecule has 1 fully saturated rings. The monoisotopic (exact) mass is 419 g/mol. The van der Waals surface area contributed by atoms with Crippen molar-refractivity contribution in [2.24, 2.45) is 0 Å². The number of morpholine rings is 1. The predicted molar refractivity (Wildman–Crippen MR) is 118 cm³/mol. The van der Waals surface area contributed by atoms with Crippen LogP contribution in [0.3, 0.4) is 0 Å². The Morgan fingerprint density at radius 2 is 2.07 bits per heavy atom. The molecule has 0 radical (unpaired) electrons. The minimum Gasteiger partial charge on any atom is -0.373 e. The molecule has 1 saturated heterocycles.